The molecular formula is C21H14N7O11Pr. The van der Waals surface area contributed by atoms with Gasteiger partial charge in [0.25, 0.3) is 0 Å². The molecule has 202 valence electrons. The van der Waals surface area contributed by atoms with Gasteiger partial charge >= 0.3 is 41.3 Å². The number of para-hydroxylation sites is 4. The maximum atomic E-state index is 8.25. The number of hydrogen-bond acceptors (Lipinski definition) is 15. The van der Waals surface area contributed by atoms with Crippen LogP contribution in [0.25, 0.3) is 45.4 Å². The van der Waals surface area contributed by atoms with Gasteiger partial charge in [-0.25, -0.2) is 15.0 Å². The van der Waals surface area contributed by atoms with Gasteiger partial charge in [-0.2, -0.15) is 5.26 Å². The first-order chi connectivity index (χ1) is 18.5. The van der Waals surface area contributed by atoms with E-state index in [0.29, 0.717) is 23.2 Å². The molecule has 18 nitrogen and oxygen atoms in total. The molecule has 0 saturated heterocycles. The predicted octanol–water partition coefficient (Wildman–Crippen LogP) is 4.51. The first-order valence-corrected chi connectivity index (χ1v) is 9.92. The van der Waals surface area contributed by atoms with Crippen LogP contribution in [0, 0.1) is 98.6 Å². The minimum Gasteiger partial charge on any atom is -0.435 e. The van der Waals surface area contributed by atoms with Crippen molar-refractivity contribution in [3.8, 4) is 29.2 Å². The maximum Gasteiger partial charge on any atom is 3.00 e. The summed E-state index contributed by atoms with van der Waals surface area (Å²) in [5.74, 6) is 0.961. The van der Waals surface area contributed by atoms with Gasteiger partial charge < -0.3 is 54.8 Å². The number of nitriles is 1. The number of aromatic nitrogens is 3. The summed E-state index contributed by atoms with van der Waals surface area (Å²) >= 11 is 0. The summed E-state index contributed by atoms with van der Waals surface area (Å²) in [6, 6.07) is 22.6. The third-order valence-corrected chi connectivity index (χ3v) is 3.78. The van der Waals surface area contributed by atoms with Crippen LogP contribution in [0.15, 0.2) is 75.6 Å². The Bertz CT molecular complexity index is 1390. The minimum absolute atomic E-state index is 0. The largest absolute Gasteiger partial charge is 3.00 e. The molecule has 5 aromatic rings. The summed E-state index contributed by atoms with van der Waals surface area (Å²) in [5, 5.41) is 51.6. The van der Waals surface area contributed by atoms with Crippen LogP contribution in [0.2, 0.25) is 0 Å². The molecule has 5 rings (SSSR count). The van der Waals surface area contributed by atoms with Crippen LogP contribution in [0.3, 0.4) is 0 Å². The molecule has 0 aliphatic rings. The van der Waals surface area contributed by atoms with E-state index >= 15 is 0 Å². The van der Waals surface area contributed by atoms with Gasteiger partial charge in [0.05, 0.1) is 21.3 Å². The average molecular weight is 681 g/mol. The van der Waals surface area contributed by atoms with Crippen LogP contribution in [-0.2, 0) is 0 Å². The van der Waals surface area contributed by atoms with Crippen molar-refractivity contribution < 1.29 is 65.4 Å². The van der Waals surface area contributed by atoms with Gasteiger partial charge in [-0.3, -0.25) is 0 Å². The molecule has 0 spiro atoms. The number of benzene rings is 2. The maximum absolute atomic E-state index is 8.25. The van der Waals surface area contributed by atoms with Crippen molar-refractivity contribution in [3.63, 3.8) is 0 Å². The van der Waals surface area contributed by atoms with Crippen LogP contribution >= 0.6 is 0 Å². The molecule has 0 N–H and O–H groups in total. The van der Waals surface area contributed by atoms with E-state index in [9.17, 15) is 0 Å². The summed E-state index contributed by atoms with van der Waals surface area (Å²) in [7, 11) is 0. The van der Waals surface area contributed by atoms with Crippen molar-refractivity contribution in [1.82, 2.24) is 15.0 Å². The van der Waals surface area contributed by atoms with Gasteiger partial charge in [0.1, 0.15) is 22.4 Å². The Morgan fingerprint density at radius 3 is 1.23 bits per heavy atom. The molecule has 40 heavy (non-hydrogen) atoms. The summed E-state index contributed by atoms with van der Waals surface area (Å²) in [6.07, 6.45) is 0. The van der Waals surface area contributed by atoms with Crippen LogP contribution < -0.4 is 0 Å². The number of fused-ring (bicyclic) bond motifs is 2. The van der Waals surface area contributed by atoms with Gasteiger partial charge in [-0.1, -0.05) is 30.3 Å². The number of hydrogen-bond donors (Lipinski definition) is 0. The van der Waals surface area contributed by atoms with Crippen LogP contribution in [0.4, 0.5) is 0 Å². The SMILES string of the molecule is CC#N.O=[N+]([O-])[O-].O=[N+]([O-])[O-].O=[N+]([O-])[O-].[Pr+3].c1cc(-c2nc3ccccc3o2)nc(-c2nc3ccccc3o2)c1. The summed E-state index contributed by atoms with van der Waals surface area (Å²) in [5.41, 5.74) is 4.38. The van der Waals surface area contributed by atoms with E-state index in [-0.39, 0.29) is 41.3 Å². The quantitative estimate of drug-likeness (QED) is 0.183. The predicted molar refractivity (Wildman–Crippen MR) is 133 cm³/mol. The van der Waals surface area contributed by atoms with Gasteiger partial charge in [-0.15, -0.1) is 0 Å². The van der Waals surface area contributed by atoms with E-state index in [0.717, 1.165) is 22.2 Å². The topological polar surface area (TPSA) is 287 Å². The van der Waals surface area contributed by atoms with Crippen LogP contribution in [0.1, 0.15) is 6.92 Å². The summed E-state index contributed by atoms with van der Waals surface area (Å²) in [6.45, 7) is 1.43. The third-order valence-electron chi connectivity index (χ3n) is 3.78. The second-order valence-corrected chi connectivity index (χ2v) is 6.28. The first-order valence-electron chi connectivity index (χ1n) is 9.92. The fourth-order valence-electron chi connectivity index (χ4n) is 2.64. The smallest absolute Gasteiger partial charge is 0.435 e. The standard InChI is InChI=1S/C19H11N3O2.C2H3N.3NO3.Pr/c1-3-10-16-12(6-1)21-18(23-16)14-8-5-9-15(20-14)19-22-13-7-2-4-11-17(13)24-19;1-2-3;3*2-1(3)4;/h1-11H;1H3;;;;/q;;3*-1;+3. The first kappa shape index (κ1) is 35.0. The molecule has 19 heteroatoms. The molecule has 0 saturated carbocycles. The average Bonchev–Trinajstić information content (AvgIpc) is 3.48. The van der Waals surface area contributed by atoms with E-state index in [4.69, 9.17) is 60.1 Å². The Balaban J connectivity index is 0.000000801. The molecule has 0 bridgehead atoms. The van der Waals surface area contributed by atoms with Crippen molar-refractivity contribution in [2.75, 3.05) is 0 Å². The van der Waals surface area contributed by atoms with Gasteiger partial charge in [0.15, 0.2) is 11.2 Å². The van der Waals surface area contributed by atoms with Crippen molar-refractivity contribution >= 4 is 22.2 Å². The Kier molecular flexibility index (Phi) is 16.0. The molecule has 0 fully saturated rings. The molecule has 0 atom stereocenters. The zero-order valence-corrected chi connectivity index (χ0v) is 23.8. The fourth-order valence-corrected chi connectivity index (χ4v) is 2.64. The third kappa shape index (κ3) is 13.0. The van der Waals surface area contributed by atoms with Gasteiger partial charge in [0.2, 0.25) is 11.8 Å². The Hall–Kier alpha value is -5.02. The molecule has 0 unspecified atom stereocenters. The van der Waals surface area contributed by atoms with E-state index in [1.165, 1.54) is 6.92 Å². The zero-order valence-electron chi connectivity index (χ0n) is 20.0. The second kappa shape index (κ2) is 18.3. The number of nitrogens with zero attached hydrogens (tertiary/aromatic N) is 7. The molecule has 0 aliphatic heterocycles. The van der Waals surface area contributed by atoms with Gasteiger partial charge in [-0.05, 0) is 36.4 Å². The van der Waals surface area contributed by atoms with Crippen molar-refractivity contribution in [3.05, 3.63) is 113 Å². The van der Waals surface area contributed by atoms with Crippen molar-refractivity contribution in [1.29, 1.82) is 5.26 Å². The molecule has 3 aromatic heterocycles. The van der Waals surface area contributed by atoms with E-state index in [1.807, 2.05) is 66.7 Å². The van der Waals surface area contributed by atoms with Gasteiger partial charge in [0, 0.05) is 6.92 Å². The Morgan fingerprint density at radius 2 is 0.925 bits per heavy atom. The summed E-state index contributed by atoms with van der Waals surface area (Å²) in [4.78, 5) is 38.3. The van der Waals surface area contributed by atoms with E-state index in [1.54, 1.807) is 6.07 Å². The molecule has 0 aliphatic carbocycles. The normalized spacial score (nSPS) is 8.80. The van der Waals surface area contributed by atoms with Crippen LogP contribution in [-0.4, -0.2) is 30.2 Å². The zero-order chi connectivity index (χ0) is 29.4. The fraction of sp³-hybridized carbons (Fsp3) is 0.0476. The van der Waals surface area contributed by atoms with Crippen molar-refractivity contribution in [2.24, 2.45) is 0 Å². The molecule has 2 aromatic carbocycles. The number of pyridine rings is 1. The van der Waals surface area contributed by atoms with Crippen molar-refractivity contribution in [2.45, 2.75) is 6.92 Å². The van der Waals surface area contributed by atoms with Crippen LogP contribution in [0.5, 0.6) is 0 Å². The molecular weight excluding hydrogens is 667 g/mol. The number of rotatable bonds is 2. The summed E-state index contributed by atoms with van der Waals surface area (Å²) < 4.78 is 11.6. The molecule has 0 radical (unpaired) electrons. The Labute approximate surface area is 255 Å². The molecule has 3 heterocycles. The Morgan fingerprint density at radius 1 is 0.625 bits per heavy atom. The minimum atomic E-state index is -1.75. The second-order valence-electron chi connectivity index (χ2n) is 6.28. The molecule has 0 amide bonds. The van der Waals surface area contributed by atoms with E-state index < -0.39 is 15.3 Å². The number of oxazole rings is 2. The van der Waals surface area contributed by atoms with E-state index in [2.05, 4.69) is 15.0 Å². The monoisotopic (exact) mass is 681 g/mol.